The Kier molecular flexibility index (Phi) is 9.32. The summed E-state index contributed by atoms with van der Waals surface area (Å²) in [5, 5.41) is 0. The van der Waals surface area contributed by atoms with E-state index in [1.807, 2.05) is 73.7 Å². The molecule has 1 aliphatic heterocycles. The number of fused-ring (bicyclic) bond motifs is 1. The summed E-state index contributed by atoms with van der Waals surface area (Å²) < 4.78 is 16.5. The Bertz CT molecular complexity index is 1850. The molecule has 0 saturated heterocycles. The zero-order chi connectivity index (χ0) is 29.3. The van der Waals surface area contributed by atoms with Crippen molar-refractivity contribution in [3.8, 4) is 5.75 Å². The Hall–Kier alpha value is -2.54. The van der Waals surface area contributed by atoms with Crippen LogP contribution in [-0.2, 0) is 16.1 Å². The van der Waals surface area contributed by atoms with Gasteiger partial charge in [-0.15, -0.1) is 0 Å². The van der Waals surface area contributed by atoms with Gasteiger partial charge in [-0.2, -0.15) is 0 Å². The predicted octanol–water partition coefficient (Wildman–Crippen LogP) is 6.82. The molecule has 0 bridgehead atoms. The fourth-order valence-corrected chi connectivity index (χ4v) is 7.58. The zero-order valence-corrected chi connectivity index (χ0v) is 28.6. The number of esters is 1. The molecule has 0 radical (unpaired) electrons. The number of hydrogen-bond acceptors (Lipinski definition) is 6. The van der Waals surface area contributed by atoms with Crippen molar-refractivity contribution < 1.29 is 14.3 Å². The molecule has 4 aromatic rings. The number of ether oxygens (including phenoxy) is 2. The minimum atomic E-state index is -0.649. The lowest BCUT2D eigenvalue weighted by Gasteiger charge is -2.24. The van der Waals surface area contributed by atoms with Gasteiger partial charge in [-0.1, -0.05) is 85.2 Å². The molecule has 10 heteroatoms. The molecule has 210 valence electrons. The second kappa shape index (κ2) is 12.8. The average molecular weight is 808 g/mol. The Morgan fingerprint density at radius 3 is 2.46 bits per heavy atom. The van der Waals surface area contributed by atoms with Crippen molar-refractivity contribution in [1.29, 1.82) is 0 Å². The van der Waals surface area contributed by atoms with Gasteiger partial charge in [0, 0.05) is 14.5 Å². The van der Waals surface area contributed by atoms with Gasteiger partial charge >= 0.3 is 5.97 Å². The van der Waals surface area contributed by atoms with Gasteiger partial charge in [0.25, 0.3) is 5.56 Å². The number of carbonyl (C=O) groups excluding carboxylic acids is 1. The second-order valence-corrected chi connectivity index (χ2v) is 13.4. The first-order valence-corrected chi connectivity index (χ1v) is 16.3. The van der Waals surface area contributed by atoms with Crippen LogP contribution in [0.1, 0.15) is 42.1 Å². The van der Waals surface area contributed by atoms with Gasteiger partial charge in [-0.05, 0) is 84.8 Å². The number of aromatic nitrogens is 1. The number of hydrogen-bond donors (Lipinski definition) is 0. The van der Waals surface area contributed by atoms with Crippen LogP contribution in [0.3, 0.4) is 0 Å². The summed E-state index contributed by atoms with van der Waals surface area (Å²) in [7, 11) is 0. The first kappa shape index (κ1) is 29.9. The summed E-state index contributed by atoms with van der Waals surface area (Å²) in [6, 6.07) is 19.1. The summed E-state index contributed by atoms with van der Waals surface area (Å²) >= 11 is 10.6. The highest BCUT2D eigenvalue weighted by molar-refractivity contribution is 14.1. The number of thiazole rings is 1. The maximum atomic E-state index is 14.0. The summed E-state index contributed by atoms with van der Waals surface area (Å²) in [5.74, 6) is 0.208. The van der Waals surface area contributed by atoms with Gasteiger partial charge in [-0.25, -0.2) is 9.79 Å². The van der Waals surface area contributed by atoms with E-state index in [-0.39, 0.29) is 12.2 Å². The summed E-state index contributed by atoms with van der Waals surface area (Å²) in [6.07, 6.45) is 1.84. The van der Waals surface area contributed by atoms with Gasteiger partial charge in [0.05, 0.1) is 32.0 Å². The van der Waals surface area contributed by atoms with Crippen LogP contribution in [0.2, 0.25) is 0 Å². The maximum absolute atomic E-state index is 14.0. The minimum absolute atomic E-state index is 0.227. The van der Waals surface area contributed by atoms with Crippen molar-refractivity contribution in [2.45, 2.75) is 33.4 Å². The highest BCUT2D eigenvalue weighted by Gasteiger charge is 2.33. The lowest BCUT2D eigenvalue weighted by Crippen LogP contribution is -2.39. The van der Waals surface area contributed by atoms with Crippen LogP contribution in [-0.4, -0.2) is 17.1 Å². The van der Waals surface area contributed by atoms with Crippen LogP contribution in [0, 0.1) is 10.5 Å². The van der Waals surface area contributed by atoms with E-state index >= 15 is 0 Å². The van der Waals surface area contributed by atoms with Gasteiger partial charge < -0.3 is 9.47 Å². The molecule has 6 nitrogen and oxygen atoms in total. The largest absolute Gasteiger partial charge is 0.487 e. The monoisotopic (exact) mass is 806 g/mol. The van der Waals surface area contributed by atoms with Crippen LogP contribution in [0.25, 0.3) is 6.08 Å². The number of halogens is 3. The molecule has 3 aromatic carbocycles. The highest BCUT2D eigenvalue weighted by Crippen LogP contribution is 2.33. The maximum Gasteiger partial charge on any atom is 0.338 e. The molecule has 5 rings (SSSR count). The SMILES string of the molecule is CCOC(=O)C1=C(C)N=c2s/c(=C\c3cc(Br)cc(I)c3OCc3ccc(Br)cc3)c(=O)n2[C@@H]1c1ccc(C)cc1. The molecule has 0 N–H and O–H groups in total. The first-order chi connectivity index (χ1) is 19.7. The highest BCUT2D eigenvalue weighted by atomic mass is 127. The molecule has 1 atom stereocenters. The number of benzene rings is 3. The number of carbonyl (C=O) groups is 1. The fourth-order valence-electron chi connectivity index (χ4n) is 4.57. The van der Waals surface area contributed by atoms with Crippen molar-refractivity contribution in [1.82, 2.24) is 4.57 Å². The Balaban J connectivity index is 1.64. The standard InChI is InChI=1S/C31H25Br2IN2O4S/c1-4-39-30(38)26-18(3)35-31-36(27(26)20-9-5-17(2)6-10-20)29(37)25(41-31)14-21-13-23(33)15-24(34)28(21)40-16-19-7-11-22(32)12-8-19/h5-15,27H,4,16H2,1-3H3/b25-14-/t27-/m1/s1. The number of allylic oxidation sites excluding steroid dienone is 1. The summed E-state index contributed by atoms with van der Waals surface area (Å²) in [5.41, 5.74) is 4.36. The molecule has 2 heterocycles. The van der Waals surface area contributed by atoms with Crippen LogP contribution in [0.5, 0.6) is 5.75 Å². The molecule has 0 aliphatic carbocycles. The number of rotatable bonds is 7. The Morgan fingerprint density at radius 2 is 1.78 bits per heavy atom. The van der Waals surface area contributed by atoms with E-state index in [1.54, 1.807) is 18.4 Å². The van der Waals surface area contributed by atoms with Crippen molar-refractivity contribution in [3.63, 3.8) is 0 Å². The van der Waals surface area contributed by atoms with Gasteiger partial charge in [0.15, 0.2) is 4.80 Å². The molecule has 0 unspecified atom stereocenters. The van der Waals surface area contributed by atoms with E-state index in [1.165, 1.54) is 11.3 Å². The summed E-state index contributed by atoms with van der Waals surface area (Å²) in [6.45, 7) is 6.15. The van der Waals surface area contributed by atoms with Gasteiger partial charge in [-0.3, -0.25) is 9.36 Å². The molecule has 0 fully saturated rings. The van der Waals surface area contributed by atoms with E-state index < -0.39 is 12.0 Å². The molecule has 41 heavy (non-hydrogen) atoms. The molecule has 1 aromatic heterocycles. The van der Waals surface area contributed by atoms with Crippen molar-refractivity contribution >= 4 is 77.8 Å². The Morgan fingerprint density at radius 1 is 1.07 bits per heavy atom. The minimum Gasteiger partial charge on any atom is -0.487 e. The van der Waals surface area contributed by atoms with Crippen molar-refractivity contribution in [2.24, 2.45) is 4.99 Å². The smallest absolute Gasteiger partial charge is 0.338 e. The van der Waals surface area contributed by atoms with Crippen LogP contribution >= 0.6 is 65.8 Å². The zero-order valence-electron chi connectivity index (χ0n) is 22.4. The molecular weight excluding hydrogens is 783 g/mol. The topological polar surface area (TPSA) is 69.9 Å². The van der Waals surface area contributed by atoms with Gasteiger partial charge in [0.2, 0.25) is 0 Å². The van der Waals surface area contributed by atoms with E-state index in [2.05, 4.69) is 59.4 Å². The first-order valence-electron chi connectivity index (χ1n) is 12.8. The molecule has 0 saturated carbocycles. The molecule has 0 amide bonds. The summed E-state index contributed by atoms with van der Waals surface area (Å²) in [4.78, 5) is 32.4. The van der Waals surface area contributed by atoms with Crippen LogP contribution < -0.4 is 19.6 Å². The van der Waals surface area contributed by atoms with E-state index in [4.69, 9.17) is 9.47 Å². The third kappa shape index (κ3) is 6.45. The molecule has 0 spiro atoms. The third-order valence-electron chi connectivity index (χ3n) is 6.53. The average Bonchev–Trinajstić information content (AvgIpc) is 3.23. The van der Waals surface area contributed by atoms with Gasteiger partial charge in [0.1, 0.15) is 12.4 Å². The lowest BCUT2D eigenvalue weighted by atomic mass is 9.95. The van der Waals surface area contributed by atoms with E-state index in [0.29, 0.717) is 33.0 Å². The van der Waals surface area contributed by atoms with E-state index in [9.17, 15) is 9.59 Å². The number of nitrogens with zero attached hydrogens (tertiary/aromatic N) is 2. The molecule has 1 aliphatic rings. The van der Waals surface area contributed by atoms with Crippen LogP contribution in [0.15, 0.2) is 90.7 Å². The fraction of sp³-hybridized carbons (Fsp3) is 0.194. The number of aryl methyl sites for hydroxylation is 1. The normalized spacial score (nSPS) is 15.0. The Labute approximate surface area is 271 Å². The van der Waals surface area contributed by atoms with Crippen LogP contribution in [0.4, 0.5) is 0 Å². The van der Waals surface area contributed by atoms with E-state index in [0.717, 1.165) is 34.8 Å². The third-order valence-corrected chi connectivity index (χ3v) is 9.30. The lowest BCUT2D eigenvalue weighted by molar-refractivity contribution is -0.139. The molecular formula is C31H25Br2IN2O4S. The van der Waals surface area contributed by atoms with Crippen molar-refractivity contribution in [3.05, 3.63) is 126 Å². The quantitative estimate of drug-likeness (QED) is 0.152. The predicted molar refractivity (Wildman–Crippen MR) is 177 cm³/mol. The second-order valence-electron chi connectivity index (χ2n) is 9.43. The van der Waals surface area contributed by atoms with Crippen molar-refractivity contribution in [2.75, 3.05) is 6.61 Å².